The Morgan fingerprint density at radius 3 is 2.74 bits per heavy atom. The number of aliphatic hydroxyl groups excluding tert-OH is 1. The molecule has 0 radical (unpaired) electrons. The van der Waals surface area contributed by atoms with E-state index >= 15 is 0 Å². The summed E-state index contributed by atoms with van der Waals surface area (Å²) in [7, 11) is 0. The van der Waals surface area contributed by atoms with Gasteiger partial charge in [0, 0.05) is 0 Å². The molecule has 7 heteroatoms. The maximum Gasteiger partial charge on any atom is 0.276 e. The predicted octanol–water partition coefficient (Wildman–Crippen LogP) is 3.18. The molecule has 5 nitrogen and oxygen atoms in total. The minimum atomic E-state index is -0.566. The maximum atomic E-state index is 13.5. The fourth-order valence-electron chi connectivity index (χ4n) is 1.90. The molecule has 0 bridgehead atoms. The number of hydroxylamine groups is 1. The fourth-order valence-corrected chi connectivity index (χ4v) is 2.18. The third kappa shape index (κ3) is 4.66. The zero-order valence-corrected chi connectivity index (χ0v) is 13.2. The summed E-state index contributed by atoms with van der Waals surface area (Å²) < 4.78 is 13.5. The van der Waals surface area contributed by atoms with E-state index in [0.717, 1.165) is 5.56 Å². The van der Waals surface area contributed by atoms with E-state index in [1.807, 2.05) is 13.0 Å². The van der Waals surface area contributed by atoms with Gasteiger partial charge in [-0.15, -0.1) is 0 Å². The van der Waals surface area contributed by atoms with Crippen LogP contribution in [0.4, 0.5) is 15.8 Å². The topological polar surface area (TPSA) is 70.6 Å². The molecule has 2 aromatic rings. The molecule has 0 aliphatic heterocycles. The van der Waals surface area contributed by atoms with Crippen molar-refractivity contribution < 1.29 is 19.1 Å². The molecule has 0 unspecified atom stereocenters. The van der Waals surface area contributed by atoms with Crippen molar-refractivity contribution in [3.8, 4) is 0 Å². The lowest BCUT2D eigenvalue weighted by Gasteiger charge is -2.13. The van der Waals surface area contributed by atoms with Gasteiger partial charge in [0.15, 0.2) is 0 Å². The molecule has 0 heterocycles. The first kappa shape index (κ1) is 17.2. The second-order valence-electron chi connectivity index (χ2n) is 4.80. The van der Waals surface area contributed by atoms with Crippen LogP contribution in [0.3, 0.4) is 0 Å². The maximum absolute atomic E-state index is 13.5. The van der Waals surface area contributed by atoms with Gasteiger partial charge in [0.05, 0.1) is 35.2 Å². The summed E-state index contributed by atoms with van der Waals surface area (Å²) in [6.45, 7) is 1.63. The van der Waals surface area contributed by atoms with Crippen molar-refractivity contribution >= 4 is 28.9 Å². The standard InChI is InChI=1S/C16H16ClFN2O3/c1-10-2-5-14(13(17)8-10)19-15-9-11(18)3-4-12(15)16(22)20-23-7-6-21/h2-5,8-9,19,21H,6-7H2,1H3,(H,20,22). The van der Waals surface area contributed by atoms with E-state index in [1.54, 1.807) is 12.1 Å². The molecule has 0 aromatic heterocycles. The number of benzene rings is 2. The summed E-state index contributed by atoms with van der Waals surface area (Å²) in [4.78, 5) is 16.8. The number of nitrogens with one attached hydrogen (secondary N) is 2. The zero-order valence-electron chi connectivity index (χ0n) is 12.4. The lowest BCUT2D eigenvalue weighted by atomic mass is 10.1. The van der Waals surface area contributed by atoms with Gasteiger partial charge in [0.1, 0.15) is 5.82 Å². The zero-order chi connectivity index (χ0) is 16.8. The van der Waals surface area contributed by atoms with E-state index in [2.05, 4.69) is 10.8 Å². The first-order chi connectivity index (χ1) is 11.0. The molecular formula is C16H16ClFN2O3. The summed E-state index contributed by atoms with van der Waals surface area (Å²) in [5.41, 5.74) is 4.14. The highest BCUT2D eigenvalue weighted by Crippen LogP contribution is 2.28. The Morgan fingerprint density at radius 2 is 2.04 bits per heavy atom. The third-order valence-electron chi connectivity index (χ3n) is 2.98. The van der Waals surface area contributed by atoms with Crippen molar-refractivity contribution in [2.45, 2.75) is 6.92 Å². The molecule has 0 saturated heterocycles. The summed E-state index contributed by atoms with van der Waals surface area (Å²) in [6, 6.07) is 9.04. The summed E-state index contributed by atoms with van der Waals surface area (Å²) in [5.74, 6) is -1.06. The van der Waals surface area contributed by atoms with Crippen LogP contribution in [0.15, 0.2) is 36.4 Å². The molecule has 2 rings (SSSR count). The Labute approximate surface area is 138 Å². The Kier molecular flexibility index (Phi) is 5.92. The van der Waals surface area contributed by atoms with Gasteiger partial charge in [-0.2, -0.15) is 0 Å². The largest absolute Gasteiger partial charge is 0.394 e. The Morgan fingerprint density at radius 1 is 1.26 bits per heavy atom. The average Bonchev–Trinajstić information content (AvgIpc) is 2.50. The molecule has 1 amide bonds. The number of aliphatic hydroxyl groups is 1. The van der Waals surface area contributed by atoms with E-state index in [-0.39, 0.29) is 24.5 Å². The van der Waals surface area contributed by atoms with Crippen molar-refractivity contribution in [1.29, 1.82) is 0 Å². The number of hydrogen-bond acceptors (Lipinski definition) is 4. The molecule has 3 N–H and O–H groups in total. The summed E-state index contributed by atoms with van der Waals surface area (Å²) in [6.07, 6.45) is 0. The Balaban J connectivity index is 2.26. The number of carbonyl (C=O) groups is 1. The Bertz CT molecular complexity index is 710. The second kappa shape index (κ2) is 7.92. The first-order valence-corrected chi connectivity index (χ1v) is 7.25. The third-order valence-corrected chi connectivity index (χ3v) is 3.29. The van der Waals surface area contributed by atoms with Crippen LogP contribution in [0.5, 0.6) is 0 Å². The highest BCUT2D eigenvalue weighted by Gasteiger charge is 2.14. The lowest BCUT2D eigenvalue weighted by molar-refractivity contribution is 0.0169. The van der Waals surface area contributed by atoms with Gasteiger partial charge in [0.2, 0.25) is 0 Å². The smallest absolute Gasteiger partial charge is 0.276 e. The van der Waals surface area contributed by atoms with Crippen LogP contribution >= 0.6 is 11.6 Å². The van der Waals surface area contributed by atoms with E-state index in [1.165, 1.54) is 18.2 Å². The van der Waals surface area contributed by atoms with Gasteiger partial charge in [0.25, 0.3) is 5.91 Å². The predicted molar refractivity (Wildman–Crippen MR) is 86.4 cm³/mol. The molecule has 122 valence electrons. The minimum Gasteiger partial charge on any atom is -0.394 e. The van der Waals surface area contributed by atoms with Crippen LogP contribution in [0.25, 0.3) is 0 Å². The van der Waals surface area contributed by atoms with Gasteiger partial charge in [-0.05, 0) is 42.8 Å². The summed E-state index contributed by atoms with van der Waals surface area (Å²) in [5, 5.41) is 12.0. The quantitative estimate of drug-likeness (QED) is 0.559. The number of rotatable bonds is 6. The van der Waals surface area contributed by atoms with Crippen LogP contribution in [0.2, 0.25) is 5.02 Å². The van der Waals surface area contributed by atoms with Crippen LogP contribution in [-0.2, 0) is 4.84 Å². The monoisotopic (exact) mass is 338 g/mol. The normalized spacial score (nSPS) is 10.4. The highest BCUT2D eigenvalue weighted by atomic mass is 35.5. The average molecular weight is 339 g/mol. The van der Waals surface area contributed by atoms with Crippen LogP contribution in [-0.4, -0.2) is 24.2 Å². The van der Waals surface area contributed by atoms with Crippen LogP contribution in [0, 0.1) is 12.7 Å². The van der Waals surface area contributed by atoms with E-state index < -0.39 is 11.7 Å². The number of aryl methyl sites for hydroxylation is 1. The van der Waals surface area contributed by atoms with Gasteiger partial charge in [-0.3, -0.25) is 9.63 Å². The van der Waals surface area contributed by atoms with Crippen LogP contribution < -0.4 is 10.8 Å². The van der Waals surface area contributed by atoms with Gasteiger partial charge >= 0.3 is 0 Å². The molecule has 23 heavy (non-hydrogen) atoms. The Hall–Kier alpha value is -2.15. The molecule has 0 aliphatic carbocycles. The molecular weight excluding hydrogens is 323 g/mol. The van der Waals surface area contributed by atoms with Gasteiger partial charge < -0.3 is 10.4 Å². The van der Waals surface area contributed by atoms with E-state index in [4.69, 9.17) is 21.5 Å². The molecule has 0 atom stereocenters. The minimum absolute atomic E-state index is 0.0422. The van der Waals surface area contributed by atoms with Crippen molar-refractivity contribution in [2.75, 3.05) is 18.5 Å². The number of hydrogen-bond donors (Lipinski definition) is 3. The van der Waals surface area contributed by atoms with Crippen molar-refractivity contribution in [3.63, 3.8) is 0 Å². The SMILES string of the molecule is Cc1ccc(Nc2cc(F)ccc2C(=O)NOCCO)c(Cl)c1. The molecule has 2 aromatic carbocycles. The van der Waals surface area contributed by atoms with E-state index in [9.17, 15) is 9.18 Å². The summed E-state index contributed by atoms with van der Waals surface area (Å²) >= 11 is 6.14. The lowest BCUT2D eigenvalue weighted by Crippen LogP contribution is -2.25. The number of carbonyl (C=O) groups excluding carboxylic acids is 1. The molecule has 0 aliphatic rings. The van der Waals surface area contributed by atoms with Gasteiger partial charge in [-0.25, -0.2) is 9.87 Å². The van der Waals surface area contributed by atoms with Crippen LogP contribution in [0.1, 0.15) is 15.9 Å². The fraction of sp³-hybridized carbons (Fsp3) is 0.188. The molecule has 0 saturated carbocycles. The highest BCUT2D eigenvalue weighted by molar-refractivity contribution is 6.33. The van der Waals surface area contributed by atoms with Crippen molar-refractivity contribution in [1.82, 2.24) is 5.48 Å². The first-order valence-electron chi connectivity index (χ1n) is 6.87. The van der Waals surface area contributed by atoms with Crippen molar-refractivity contribution in [3.05, 3.63) is 58.4 Å². The van der Waals surface area contributed by atoms with Gasteiger partial charge in [-0.1, -0.05) is 17.7 Å². The van der Waals surface area contributed by atoms with Crippen molar-refractivity contribution in [2.24, 2.45) is 0 Å². The number of amides is 1. The van der Waals surface area contributed by atoms with E-state index in [0.29, 0.717) is 10.7 Å². The second-order valence-corrected chi connectivity index (χ2v) is 5.21. The molecule has 0 fully saturated rings. The molecule has 0 spiro atoms. The number of halogens is 2. The number of anilines is 2.